The van der Waals surface area contributed by atoms with E-state index in [-0.39, 0.29) is 0 Å². The molecule has 1 aromatic carbocycles. The fraction of sp³-hybridized carbons (Fsp3) is 0.429. The Kier molecular flexibility index (Phi) is 3.22. The van der Waals surface area contributed by atoms with Crippen molar-refractivity contribution in [1.29, 1.82) is 0 Å². The van der Waals surface area contributed by atoms with Gasteiger partial charge in [0.2, 0.25) is 0 Å². The highest BCUT2D eigenvalue weighted by molar-refractivity contribution is 5.30. The summed E-state index contributed by atoms with van der Waals surface area (Å²) < 4.78 is 1.75. The molecule has 0 radical (unpaired) electrons. The summed E-state index contributed by atoms with van der Waals surface area (Å²) in [5.41, 5.74) is 3.39. The maximum Gasteiger partial charge on any atom is 0.114 e. The zero-order valence-corrected chi connectivity index (χ0v) is 11.3. The predicted octanol–water partition coefficient (Wildman–Crippen LogP) is 2.17. The van der Waals surface area contributed by atoms with Crippen LogP contribution in [-0.4, -0.2) is 20.1 Å². The summed E-state index contributed by atoms with van der Waals surface area (Å²) in [5.74, 6) is 0. The lowest BCUT2D eigenvalue weighted by Crippen LogP contribution is -2.15. The molecule has 1 aromatic heterocycles. The van der Waals surface area contributed by atoms with Gasteiger partial charge < -0.3 is 5.11 Å². The van der Waals surface area contributed by atoms with Gasteiger partial charge in [0, 0.05) is 0 Å². The van der Waals surface area contributed by atoms with Crippen molar-refractivity contribution in [2.24, 2.45) is 0 Å². The second-order valence-corrected chi connectivity index (χ2v) is 5.28. The van der Waals surface area contributed by atoms with Gasteiger partial charge in [-0.1, -0.05) is 23.4 Å². The SMILES string of the molecule is Cc1ccc(Cn2cc(C(C)(C)O)nn2)cc1C. The van der Waals surface area contributed by atoms with Gasteiger partial charge >= 0.3 is 0 Å². The number of aromatic nitrogens is 3. The minimum absolute atomic E-state index is 0.589. The highest BCUT2D eigenvalue weighted by Crippen LogP contribution is 2.16. The van der Waals surface area contributed by atoms with Crippen LogP contribution in [0.15, 0.2) is 24.4 Å². The summed E-state index contributed by atoms with van der Waals surface area (Å²) in [6.07, 6.45) is 1.79. The average Bonchev–Trinajstić information content (AvgIpc) is 2.72. The molecule has 0 aliphatic carbocycles. The zero-order valence-electron chi connectivity index (χ0n) is 11.3. The molecule has 0 spiro atoms. The molecule has 4 heteroatoms. The maximum atomic E-state index is 9.83. The molecule has 0 fully saturated rings. The van der Waals surface area contributed by atoms with Crippen LogP contribution in [0.3, 0.4) is 0 Å². The van der Waals surface area contributed by atoms with Crippen molar-refractivity contribution in [3.63, 3.8) is 0 Å². The van der Waals surface area contributed by atoms with E-state index < -0.39 is 5.60 Å². The molecule has 4 nitrogen and oxygen atoms in total. The molecule has 0 atom stereocenters. The topological polar surface area (TPSA) is 50.9 Å². The zero-order chi connectivity index (χ0) is 13.3. The van der Waals surface area contributed by atoms with Crippen LogP contribution in [0.5, 0.6) is 0 Å². The van der Waals surface area contributed by atoms with Crippen LogP contribution in [0.4, 0.5) is 0 Å². The van der Waals surface area contributed by atoms with Gasteiger partial charge in [0.1, 0.15) is 11.3 Å². The molecule has 1 heterocycles. The van der Waals surface area contributed by atoms with E-state index in [4.69, 9.17) is 0 Å². The molecule has 0 saturated carbocycles. The second kappa shape index (κ2) is 4.53. The number of hydrogen-bond donors (Lipinski definition) is 1. The van der Waals surface area contributed by atoms with Crippen LogP contribution in [0.1, 0.15) is 36.2 Å². The van der Waals surface area contributed by atoms with Crippen LogP contribution in [0.2, 0.25) is 0 Å². The number of rotatable bonds is 3. The Morgan fingerprint density at radius 3 is 2.50 bits per heavy atom. The molecule has 0 unspecified atom stereocenters. The van der Waals surface area contributed by atoms with E-state index in [9.17, 15) is 5.11 Å². The van der Waals surface area contributed by atoms with Gasteiger partial charge in [0.15, 0.2) is 0 Å². The summed E-state index contributed by atoms with van der Waals surface area (Å²) >= 11 is 0. The van der Waals surface area contributed by atoms with Crippen molar-refractivity contribution in [1.82, 2.24) is 15.0 Å². The minimum Gasteiger partial charge on any atom is -0.384 e. The molecule has 0 bridgehead atoms. The third-order valence-corrected chi connectivity index (χ3v) is 3.08. The number of aliphatic hydroxyl groups is 1. The number of nitrogens with zero attached hydrogens (tertiary/aromatic N) is 3. The van der Waals surface area contributed by atoms with Crippen molar-refractivity contribution in [3.8, 4) is 0 Å². The normalized spacial score (nSPS) is 11.8. The van der Waals surface area contributed by atoms with Gasteiger partial charge in [-0.05, 0) is 44.4 Å². The Labute approximate surface area is 107 Å². The third kappa shape index (κ3) is 2.76. The highest BCUT2D eigenvalue weighted by atomic mass is 16.3. The first-order valence-electron chi connectivity index (χ1n) is 6.05. The van der Waals surface area contributed by atoms with Crippen LogP contribution in [0.25, 0.3) is 0 Å². The van der Waals surface area contributed by atoms with E-state index in [1.54, 1.807) is 24.7 Å². The van der Waals surface area contributed by atoms with Gasteiger partial charge in [-0.2, -0.15) is 0 Å². The van der Waals surface area contributed by atoms with Crippen molar-refractivity contribution < 1.29 is 5.11 Å². The van der Waals surface area contributed by atoms with Crippen molar-refractivity contribution in [2.45, 2.75) is 39.8 Å². The quantitative estimate of drug-likeness (QED) is 0.901. The van der Waals surface area contributed by atoms with E-state index in [2.05, 4.69) is 42.4 Å². The van der Waals surface area contributed by atoms with Crippen molar-refractivity contribution in [3.05, 3.63) is 46.8 Å². The monoisotopic (exact) mass is 245 g/mol. The van der Waals surface area contributed by atoms with Gasteiger partial charge in [0.05, 0.1) is 12.7 Å². The molecule has 1 N–H and O–H groups in total. The smallest absolute Gasteiger partial charge is 0.114 e. The molecule has 96 valence electrons. The molecule has 0 saturated heterocycles. The fourth-order valence-corrected chi connectivity index (χ4v) is 1.74. The van der Waals surface area contributed by atoms with Crippen molar-refractivity contribution >= 4 is 0 Å². The van der Waals surface area contributed by atoms with E-state index in [1.807, 2.05) is 0 Å². The first kappa shape index (κ1) is 12.8. The minimum atomic E-state index is -0.943. The van der Waals surface area contributed by atoms with E-state index in [1.165, 1.54) is 16.7 Å². The Morgan fingerprint density at radius 1 is 1.22 bits per heavy atom. The van der Waals surface area contributed by atoms with Gasteiger partial charge in [-0.15, -0.1) is 5.10 Å². The number of benzene rings is 1. The molecule has 0 amide bonds. The Bertz CT molecular complexity index is 552. The van der Waals surface area contributed by atoms with E-state index in [0.717, 1.165) is 0 Å². The van der Waals surface area contributed by atoms with Gasteiger partial charge in [-0.3, -0.25) is 0 Å². The number of hydrogen-bond acceptors (Lipinski definition) is 3. The average molecular weight is 245 g/mol. The molecule has 2 aromatic rings. The van der Waals surface area contributed by atoms with Crippen LogP contribution < -0.4 is 0 Å². The maximum absolute atomic E-state index is 9.83. The Morgan fingerprint density at radius 2 is 1.94 bits per heavy atom. The van der Waals surface area contributed by atoms with Crippen LogP contribution in [0, 0.1) is 13.8 Å². The summed E-state index contributed by atoms with van der Waals surface area (Å²) in [6, 6.07) is 6.35. The summed E-state index contributed by atoms with van der Waals surface area (Å²) in [6.45, 7) is 8.28. The first-order valence-corrected chi connectivity index (χ1v) is 6.05. The molecule has 0 aliphatic heterocycles. The van der Waals surface area contributed by atoms with E-state index >= 15 is 0 Å². The highest BCUT2D eigenvalue weighted by Gasteiger charge is 2.19. The van der Waals surface area contributed by atoms with Crippen LogP contribution in [-0.2, 0) is 12.1 Å². The molecular formula is C14H19N3O. The summed E-state index contributed by atoms with van der Waals surface area (Å²) in [7, 11) is 0. The fourth-order valence-electron chi connectivity index (χ4n) is 1.74. The lowest BCUT2D eigenvalue weighted by atomic mass is 10.1. The first-order chi connectivity index (χ1) is 8.36. The predicted molar refractivity (Wildman–Crippen MR) is 70.3 cm³/mol. The number of aryl methyl sites for hydroxylation is 2. The van der Waals surface area contributed by atoms with Crippen molar-refractivity contribution in [2.75, 3.05) is 0 Å². The standard InChI is InChI=1S/C14H19N3O/c1-10-5-6-12(7-11(10)2)8-17-9-13(15-16-17)14(3,4)18/h5-7,9,18H,8H2,1-4H3. The molecule has 0 aliphatic rings. The Hall–Kier alpha value is -1.68. The van der Waals surface area contributed by atoms with Crippen LogP contribution >= 0.6 is 0 Å². The largest absolute Gasteiger partial charge is 0.384 e. The second-order valence-electron chi connectivity index (χ2n) is 5.28. The molecule has 18 heavy (non-hydrogen) atoms. The van der Waals surface area contributed by atoms with Gasteiger partial charge in [0.25, 0.3) is 0 Å². The molecule has 2 rings (SSSR count). The third-order valence-electron chi connectivity index (χ3n) is 3.08. The summed E-state index contributed by atoms with van der Waals surface area (Å²) in [5, 5.41) is 17.9. The lowest BCUT2D eigenvalue weighted by molar-refractivity contribution is 0.0737. The molecular weight excluding hydrogens is 226 g/mol. The van der Waals surface area contributed by atoms with Gasteiger partial charge in [-0.25, -0.2) is 4.68 Å². The summed E-state index contributed by atoms with van der Waals surface area (Å²) in [4.78, 5) is 0. The van der Waals surface area contributed by atoms with E-state index in [0.29, 0.717) is 12.2 Å². The Balaban J connectivity index is 2.19. The lowest BCUT2D eigenvalue weighted by Gasteiger charge is -2.11.